The van der Waals surface area contributed by atoms with Gasteiger partial charge in [0.25, 0.3) is 0 Å². The molecule has 0 saturated carbocycles. The summed E-state index contributed by atoms with van der Waals surface area (Å²) in [4.78, 5) is 48.1. The maximum atomic E-state index is 12.7. The summed E-state index contributed by atoms with van der Waals surface area (Å²) < 4.78 is 0. The number of carboxylic acids is 1. The van der Waals surface area contributed by atoms with Crippen molar-refractivity contribution in [3.63, 3.8) is 0 Å². The first-order valence-electron chi connectivity index (χ1n) is 9.08. The van der Waals surface area contributed by atoms with Gasteiger partial charge in [0.15, 0.2) is 6.04 Å². The van der Waals surface area contributed by atoms with E-state index in [1.165, 1.54) is 18.7 Å². The summed E-state index contributed by atoms with van der Waals surface area (Å²) in [5.74, 6) is -2.82. The average molecular weight is 421 g/mol. The molecule has 0 aliphatic rings. The van der Waals surface area contributed by atoms with E-state index in [2.05, 4.69) is 16.0 Å². The van der Waals surface area contributed by atoms with Crippen molar-refractivity contribution < 1.29 is 29.4 Å². The van der Waals surface area contributed by atoms with Crippen LogP contribution in [0.25, 0.3) is 0 Å². The van der Waals surface area contributed by atoms with Gasteiger partial charge in [0.1, 0.15) is 12.1 Å². The molecule has 0 radical (unpaired) electrons. The number of aliphatic carboxylic acids is 1. The summed E-state index contributed by atoms with van der Waals surface area (Å²) in [5.41, 5.74) is 5.30. The van der Waals surface area contributed by atoms with Crippen LogP contribution >= 0.6 is 11.8 Å². The molecule has 0 aliphatic heterocycles. The molecule has 0 aromatic rings. The number of carbonyl (C=O) groups is 4. The van der Waals surface area contributed by atoms with Crippen molar-refractivity contribution in [2.24, 2.45) is 11.7 Å². The highest BCUT2D eigenvalue weighted by molar-refractivity contribution is 7.98. The average Bonchev–Trinajstić information content (AvgIpc) is 2.65. The molecule has 0 saturated heterocycles. The summed E-state index contributed by atoms with van der Waals surface area (Å²) in [6, 6.07) is -3.39. The van der Waals surface area contributed by atoms with Crippen molar-refractivity contribution in [1.82, 2.24) is 16.0 Å². The fraction of sp³-hybridized carbons (Fsp3) is 0.765. The molecule has 0 aromatic heterocycles. The second-order valence-corrected chi connectivity index (χ2v) is 7.53. The number of carbonyl (C=O) groups excluding carboxylic acids is 3. The number of thioether (sulfide) groups is 1. The van der Waals surface area contributed by atoms with Gasteiger partial charge in [-0.05, 0) is 31.3 Å². The number of carboxylic acid groups (broad SMARTS) is 1. The number of nitrogens with one attached hydrogen (secondary N) is 3. The third kappa shape index (κ3) is 8.89. The maximum absolute atomic E-state index is 12.7. The van der Waals surface area contributed by atoms with Crippen LogP contribution in [0.1, 0.15) is 33.6 Å². The van der Waals surface area contributed by atoms with Gasteiger partial charge in [-0.3, -0.25) is 14.4 Å². The Morgan fingerprint density at radius 3 is 2.07 bits per heavy atom. The lowest BCUT2D eigenvalue weighted by atomic mass is 9.97. The number of hydrogen-bond donors (Lipinski definition) is 6. The molecular formula is C17H32N4O6S. The molecule has 0 aromatic carbocycles. The largest absolute Gasteiger partial charge is 0.480 e. The highest BCUT2D eigenvalue weighted by Crippen LogP contribution is 2.10. The van der Waals surface area contributed by atoms with Crippen LogP contribution in [0.5, 0.6) is 0 Å². The first-order valence-corrected chi connectivity index (χ1v) is 10.5. The van der Waals surface area contributed by atoms with E-state index in [-0.39, 0.29) is 18.9 Å². The summed E-state index contributed by atoms with van der Waals surface area (Å²) in [7, 11) is 0. The first kappa shape index (κ1) is 26.1. The lowest BCUT2D eigenvalue weighted by molar-refractivity contribution is -0.145. The van der Waals surface area contributed by atoms with E-state index in [0.29, 0.717) is 12.2 Å². The van der Waals surface area contributed by atoms with Crippen LogP contribution < -0.4 is 21.7 Å². The van der Waals surface area contributed by atoms with Gasteiger partial charge in [-0.15, -0.1) is 0 Å². The van der Waals surface area contributed by atoms with E-state index < -0.39 is 47.9 Å². The van der Waals surface area contributed by atoms with Crippen molar-refractivity contribution in [1.29, 1.82) is 0 Å². The molecular weight excluding hydrogens is 388 g/mol. The molecule has 0 aliphatic carbocycles. The summed E-state index contributed by atoms with van der Waals surface area (Å²) >= 11 is 1.46. The normalized spacial score (nSPS) is 16.2. The Morgan fingerprint density at radius 1 is 1.04 bits per heavy atom. The standard InChI is InChI=1S/C17H32N4O6S/c1-5-9(2)13(20-12(23)8-18)16(25)19-11(6-7-28-4)15(24)21-14(10(3)22)17(26)27/h9-11,13-14,22H,5-8,18H2,1-4H3,(H,19,25)(H,20,23)(H,21,24)(H,26,27). The van der Waals surface area contributed by atoms with Crippen molar-refractivity contribution in [2.45, 2.75) is 57.8 Å². The topological polar surface area (TPSA) is 171 Å². The molecule has 7 N–H and O–H groups in total. The van der Waals surface area contributed by atoms with Crippen LogP contribution in [-0.2, 0) is 19.2 Å². The Balaban J connectivity index is 5.36. The molecule has 0 heterocycles. The van der Waals surface area contributed by atoms with Gasteiger partial charge in [0.2, 0.25) is 17.7 Å². The van der Waals surface area contributed by atoms with E-state index in [1.807, 2.05) is 13.2 Å². The minimum absolute atomic E-state index is 0.205. The van der Waals surface area contributed by atoms with Gasteiger partial charge in [-0.25, -0.2) is 4.79 Å². The monoisotopic (exact) mass is 420 g/mol. The predicted octanol–water partition coefficient (Wildman–Crippen LogP) is -1.34. The van der Waals surface area contributed by atoms with Gasteiger partial charge in [-0.2, -0.15) is 11.8 Å². The quantitative estimate of drug-likeness (QED) is 0.213. The van der Waals surface area contributed by atoms with Crippen molar-refractivity contribution in [3.05, 3.63) is 0 Å². The molecule has 0 rings (SSSR count). The molecule has 5 unspecified atom stereocenters. The lowest BCUT2D eigenvalue weighted by Crippen LogP contribution is -2.58. The van der Waals surface area contributed by atoms with Gasteiger partial charge in [0.05, 0.1) is 12.6 Å². The Bertz CT molecular complexity index is 546. The van der Waals surface area contributed by atoms with E-state index in [9.17, 15) is 24.3 Å². The molecule has 28 heavy (non-hydrogen) atoms. The van der Waals surface area contributed by atoms with Gasteiger partial charge < -0.3 is 31.9 Å². The number of amides is 3. The van der Waals surface area contributed by atoms with Crippen molar-refractivity contribution >= 4 is 35.5 Å². The Labute approximate surface area is 169 Å². The second-order valence-electron chi connectivity index (χ2n) is 6.54. The Morgan fingerprint density at radius 2 is 1.64 bits per heavy atom. The smallest absolute Gasteiger partial charge is 0.328 e. The number of nitrogens with two attached hydrogens (primary N) is 1. The summed E-state index contributed by atoms with van der Waals surface area (Å²) in [6.07, 6.45) is 1.38. The number of hydrogen-bond acceptors (Lipinski definition) is 7. The van der Waals surface area contributed by atoms with Crippen LogP contribution in [0, 0.1) is 5.92 Å². The molecule has 11 heteroatoms. The number of aliphatic hydroxyl groups is 1. The molecule has 3 amide bonds. The van der Waals surface area contributed by atoms with Crippen LogP contribution in [0.3, 0.4) is 0 Å². The summed E-state index contributed by atoms with van der Waals surface area (Å²) in [6.45, 7) is 4.62. The summed E-state index contributed by atoms with van der Waals surface area (Å²) in [5, 5.41) is 26.0. The van der Waals surface area contributed by atoms with Crippen molar-refractivity contribution in [2.75, 3.05) is 18.6 Å². The zero-order valence-electron chi connectivity index (χ0n) is 16.7. The van der Waals surface area contributed by atoms with E-state index in [1.54, 1.807) is 6.92 Å². The van der Waals surface area contributed by atoms with Gasteiger partial charge in [0, 0.05) is 0 Å². The fourth-order valence-electron chi connectivity index (χ4n) is 2.34. The SMILES string of the molecule is CCC(C)C(NC(=O)CN)C(=O)NC(CCSC)C(=O)NC(C(=O)O)C(C)O. The van der Waals surface area contributed by atoms with Crippen LogP contribution in [0.2, 0.25) is 0 Å². The highest BCUT2D eigenvalue weighted by Gasteiger charge is 2.32. The zero-order valence-corrected chi connectivity index (χ0v) is 17.5. The molecule has 162 valence electrons. The Kier molecular flexibility index (Phi) is 12.5. The fourth-order valence-corrected chi connectivity index (χ4v) is 2.81. The molecule has 0 bridgehead atoms. The lowest BCUT2D eigenvalue weighted by Gasteiger charge is -2.27. The maximum Gasteiger partial charge on any atom is 0.328 e. The van der Waals surface area contributed by atoms with Crippen LogP contribution in [0.15, 0.2) is 0 Å². The molecule has 0 fully saturated rings. The van der Waals surface area contributed by atoms with E-state index >= 15 is 0 Å². The molecule has 0 spiro atoms. The van der Waals surface area contributed by atoms with E-state index in [4.69, 9.17) is 10.8 Å². The molecule has 10 nitrogen and oxygen atoms in total. The van der Waals surface area contributed by atoms with Crippen molar-refractivity contribution in [3.8, 4) is 0 Å². The minimum atomic E-state index is -1.50. The van der Waals surface area contributed by atoms with E-state index in [0.717, 1.165) is 0 Å². The highest BCUT2D eigenvalue weighted by atomic mass is 32.2. The first-order chi connectivity index (χ1) is 13.1. The van der Waals surface area contributed by atoms with Gasteiger partial charge >= 0.3 is 5.97 Å². The Hall–Kier alpha value is -1.85. The second kappa shape index (κ2) is 13.3. The van der Waals surface area contributed by atoms with Crippen LogP contribution in [-0.4, -0.2) is 76.7 Å². The number of rotatable bonds is 13. The zero-order chi connectivity index (χ0) is 21.9. The minimum Gasteiger partial charge on any atom is -0.480 e. The third-order valence-electron chi connectivity index (χ3n) is 4.29. The van der Waals surface area contributed by atoms with Crippen LogP contribution in [0.4, 0.5) is 0 Å². The van der Waals surface area contributed by atoms with Gasteiger partial charge in [-0.1, -0.05) is 20.3 Å². The predicted molar refractivity (Wildman–Crippen MR) is 107 cm³/mol. The molecule has 5 atom stereocenters. The third-order valence-corrected chi connectivity index (χ3v) is 4.93. The number of aliphatic hydroxyl groups excluding tert-OH is 1.